The average Bonchev–Trinajstić information content (AvgIpc) is 2.53. The lowest BCUT2D eigenvalue weighted by molar-refractivity contribution is -0.117. The van der Waals surface area contributed by atoms with E-state index in [1.807, 2.05) is 42.5 Å². The Morgan fingerprint density at radius 1 is 1.05 bits per heavy atom. The van der Waals surface area contributed by atoms with Crippen LogP contribution >= 0.6 is 11.8 Å². The van der Waals surface area contributed by atoms with Crippen LogP contribution < -0.4 is 10.6 Å². The minimum atomic E-state index is -0.495. The Kier molecular flexibility index (Phi) is 5.78. The van der Waals surface area contributed by atoms with E-state index >= 15 is 0 Å². The Morgan fingerprint density at radius 2 is 1.81 bits per heavy atom. The van der Waals surface area contributed by atoms with Gasteiger partial charge in [0.05, 0.1) is 10.8 Å². The van der Waals surface area contributed by atoms with Gasteiger partial charge in [-0.1, -0.05) is 48.2 Å². The smallest absolute Gasteiger partial charge is 0.321 e. The third-order valence-corrected chi connectivity index (χ3v) is 3.48. The first-order valence-electron chi connectivity index (χ1n) is 6.39. The first-order chi connectivity index (χ1) is 10.2. The molecule has 0 aliphatic carbocycles. The Labute approximate surface area is 127 Å². The van der Waals surface area contributed by atoms with Crippen LogP contribution in [0.15, 0.2) is 59.8 Å². The van der Waals surface area contributed by atoms with E-state index in [4.69, 9.17) is 0 Å². The molecule has 1 heterocycles. The van der Waals surface area contributed by atoms with E-state index in [2.05, 4.69) is 15.6 Å². The first-order valence-corrected chi connectivity index (χ1v) is 7.38. The molecule has 0 saturated carbocycles. The van der Waals surface area contributed by atoms with Crippen LogP contribution in [0.25, 0.3) is 0 Å². The van der Waals surface area contributed by atoms with Gasteiger partial charge in [0.2, 0.25) is 5.91 Å². The number of nitrogens with one attached hydrogen (secondary N) is 2. The molecule has 0 fully saturated rings. The number of carbonyl (C=O) groups is 2. The van der Waals surface area contributed by atoms with Gasteiger partial charge in [-0.15, -0.1) is 0 Å². The second-order valence-corrected chi connectivity index (χ2v) is 5.17. The van der Waals surface area contributed by atoms with Crippen LogP contribution in [0.5, 0.6) is 0 Å². The fourth-order valence-electron chi connectivity index (χ4n) is 1.56. The third kappa shape index (κ3) is 5.66. The van der Waals surface area contributed by atoms with Gasteiger partial charge in [-0.3, -0.25) is 10.1 Å². The van der Waals surface area contributed by atoms with E-state index in [1.54, 1.807) is 12.3 Å². The minimum absolute atomic E-state index is 0.149. The summed E-state index contributed by atoms with van der Waals surface area (Å²) in [6.07, 6.45) is 1.66. The molecular weight excluding hydrogens is 286 g/mol. The number of imide groups is 1. The second kappa shape index (κ2) is 8.06. The highest BCUT2D eigenvalue weighted by molar-refractivity contribution is 7.99. The minimum Gasteiger partial charge on any atom is -0.334 e. The van der Waals surface area contributed by atoms with Gasteiger partial charge in [-0.2, -0.15) is 0 Å². The zero-order valence-electron chi connectivity index (χ0n) is 11.3. The molecule has 1 aromatic carbocycles. The Morgan fingerprint density at radius 3 is 2.52 bits per heavy atom. The van der Waals surface area contributed by atoms with Crippen LogP contribution in [0.4, 0.5) is 4.79 Å². The molecule has 2 rings (SSSR count). The molecule has 2 aromatic rings. The van der Waals surface area contributed by atoms with Crippen molar-refractivity contribution in [2.75, 3.05) is 5.75 Å². The third-order valence-electron chi connectivity index (χ3n) is 2.54. The van der Waals surface area contributed by atoms with E-state index in [-0.39, 0.29) is 11.7 Å². The summed E-state index contributed by atoms with van der Waals surface area (Å²) in [5.74, 6) is -0.202. The molecule has 0 aliphatic rings. The van der Waals surface area contributed by atoms with E-state index in [0.717, 1.165) is 10.6 Å². The zero-order chi connectivity index (χ0) is 14.9. The average molecular weight is 301 g/mol. The molecule has 0 aliphatic heterocycles. The van der Waals surface area contributed by atoms with Crippen LogP contribution in [0, 0.1) is 0 Å². The summed E-state index contributed by atoms with van der Waals surface area (Å²) >= 11 is 1.28. The maximum atomic E-state index is 11.6. The van der Waals surface area contributed by atoms with E-state index in [9.17, 15) is 9.59 Å². The standard InChI is InChI=1S/C15H15N3O2S/c19-13(11-21-14-8-4-5-9-16-14)18-15(20)17-10-12-6-2-1-3-7-12/h1-9H,10-11H2,(H2,17,18,19,20). The highest BCUT2D eigenvalue weighted by Gasteiger charge is 2.08. The maximum absolute atomic E-state index is 11.6. The normalized spacial score (nSPS) is 9.90. The van der Waals surface area contributed by atoms with Crippen molar-refractivity contribution in [3.05, 3.63) is 60.3 Å². The van der Waals surface area contributed by atoms with Crippen molar-refractivity contribution in [1.82, 2.24) is 15.6 Å². The number of urea groups is 1. The summed E-state index contributed by atoms with van der Waals surface area (Å²) in [6, 6.07) is 14.5. The molecule has 108 valence electrons. The van der Waals surface area contributed by atoms with Crippen molar-refractivity contribution in [1.29, 1.82) is 0 Å². The van der Waals surface area contributed by atoms with Crippen LogP contribution in [-0.2, 0) is 11.3 Å². The predicted molar refractivity (Wildman–Crippen MR) is 81.8 cm³/mol. The Hall–Kier alpha value is -2.34. The molecule has 0 radical (unpaired) electrons. The van der Waals surface area contributed by atoms with E-state index < -0.39 is 6.03 Å². The molecule has 5 nitrogen and oxygen atoms in total. The van der Waals surface area contributed by atoms with Gasteiger partial charge in [0.25, 0.3) is 0 Å². The summed E-state index contributed by atoms with van der Waals surface area (Å²) in [7, 11) is 0. The summed E-state index contributed by atoms with van der Waals surface area (Å²) < 4.78 is 0. The largest absolute Gasteiger partial charge is 0.334 e. The topological polar surface area (TPSA) is 71.1 Å². The lowest BCUT2D eigenvalue weighted by atomic mass is 10.2. The predicted octanol–water partition coefficient (Wildman–Crippen LogP) is 2.20. The van der Waals surface area contributed by atoms with Gasteiger partial charge in [0.1, 0.15) is 0 Å². The van der Waals surface area contributed by atoms with Gasteiger partial charge in [-0.05, 0) is 17.7 Å². The number of benzene rings is 1. The number of thioether (sulfide) groups is 1. The van der Waals surface area contributed by atoms with Crippen molar-refractivity contribution in [2.45, 2.75) is 11.6 Å². The Balaban J connectivity index is 1.69. The zero-order valence-corrected chi connectivity index (χ0v) is 12.1. The molecule has 1 aromatic heterocycles. The molecule has 21 heavy (non-hydrogen) atoms. The Bertz CT molecular complexity index is 537. The monoisotopic (exact) mass is 301 g/mol. The number of amides is 3. The van der Waals surface area contributed by atoms with Crippen LogP contribution in [-0.4, -0.2) is 22.7 Å². The molecular formula is C15H15N3O2S. The number of hydrogen-bond acceptors (Lipinski definition) is 4. The van der Waals surface area contributed by atoms with Gasteiger partial charge in [0.15, 0.2) is 0 Å². The highest BCUT2D eigenvalue weighted by Crippen LogP contribution is 2.12. The SMILES string of the molecule is O=C(CSc1ccccn1)NC(=O)NCc1ccccc1. The number of pyridine rings is 1. The number of carbonyl (C=O) groups excluding carboxylic acids is 2. The summed E-state index contributed by atoms with van der Waals surface area (Å²) in [6.45, 7) is 0.382. The fourth-order valence-corrected chi connectivity index (χ4v) is 2.22. The molecule has 3 amide bonds. The number of rotatable bonds is 5. The molecule has 0 saturated heterocycles. The first kappa shape index (κ1) is 15.1. The van der Waals surface area contributed by atoms with Gasteiger partial charge < -0.3 is 5.32 Å². The number of nitrogens with zero attached hydrogens (tertiary/aromatic N) is 1. The van der Waals surface area contributed by atoms with Gasteiger partial charge >= 0.3 is 6.03 Å². The maximum Gasteiger partial charge on any atom is 0.321 e. The van der Waals surface area contributed by atoms with Crippen molar-refractivity contribution >= 4 is 23.7 Å². The van der Waals surface area contributed by atoms with Crippen molar-refractivity contribution in [3.8, 4) is 0 Å². The quantitative estimate of drug-likeness (QED) is 0.831. The van der Waals surface area contributed by atoms with Crippen molar-refractivity contribution < 1.29 is 9.59 Å². The molecule has 0 atom stereocenters. The summed E-state index contributed by atoms with van der Waals surface area (Å²) in [5, 5.41) is 5.66. The van der Waals surface area contributed by atoms with Gasteiger partial charge in [0, 0.05) is 12.7 Å². The summed E-state index contributed by atoms with van der Waals surface area (Å²) in [5.41, 5.74) is 0.975. The van der Waals surface area contributed by atoms with Crippen molar-refractivity contribution in [2.24, 2.45) is 0 Å². The van der Waals surface area contributed by atoms with E-state index in [0.29, 0.717) is 6.54 Å². The highest BCUT2D eigenvalue weighted by atomic mass is 32.2. The summed E-state index contributed by atoms with van der Waals surface area (Å²) in [4.78, 5) is 27.3. The second-order valence-electron chi connectivity index (χ2n) is 4.17. The van der Waals surface area contributed by atoms with Crippen LogP contribution in [0.1, 0.15) is 5.56 Å². The molecule has 0 spiro atoms. The van der Waals surface area contributed by atoms with Crippen LogP contribution in [0.3, 0.4) is 0 Å². The molecule has 0 unspecified atom stereocenters. The molecule has 6 heteroatoms. The van der Waals surface area contributed by atoms with Gasteiger partial charge in [-0.25, -0.2) is 9.78 Å². The lowest BCUT2D eigenvalue weighted by Crippen LogP contribution is -2.39. The number of hydrogen-bond donors (Lipinski definition) is 2. The number of aromatic nitrogens is 1. The molecule has 0 bridgehead atoms. The van der Waals surface area contributed by atoms with E-state index in [1.165, 1.54) is 11.8 Å². The van der Waals surface area contributed by atoms with Crippen molar-refractivity contribution in [3.63, 3.8) is 0 Å². The lowest BCUT2D eigenvalue weighted by Gasteiger charge is -2.06. The molecule has 2 N–H and O–H groups in total. The fraction of sp³-hybridized carbons (Fsp3) is 0.133. The van der Waals surface area contributed by atoms with Crippen LogP contribution in [0.2, 0.25) is 0 Å².